The van der Waals surface area contributed by atoms with Crippen LogP contribution in [-0.2, 0) is 0 Å². The predicted octanol–water partition coefficient (Wildman–Crippen LogP) is 2.86. The summed E-state index contributed by atoms with van der Waals surface area (Å²) in [4.78, 5) is 11.7. The summed E-state index contributed by atoms with van der Waals surface area (Å²) >= 11 is 9.18. The molecule has 0 bridgehead atoms. The Morgan fingerprint density at radius 3 is 2.71 bits per heavy atom. The quantitative estimate of drug-likeness (QED) is 0.808. The second-order valence-corrected chi connectivity index (χ2v) is 4.50. The SMILES string of the molecule is CCNCCNC(=O)c1ccc(Br)c(Cl)c1.Cl. The maximum atomic E-state index is 11.7. The summed E-state index contributed by atoms with van der Waals surface area (Å²) in [5.41, 5.74) is 0.574. The van der Waals surface area contributed by atoms with Crippen LogP contribution in [-0.4, -0.2) is 25.5 Å². The van der Waals surface area contributed by atoms with Crippen molar-refractivity contribution in [3.8, 4) is 0 Å². The van der Waals surface area contributed by atoms with Gasteiger partial charge in [0.1, 0.15) is 0 Å². The molecule has 1 rings (SSSR count). The molecule has 0 radical (unpaired) electrons. The second kappa shape index (κ2) is 8.75. The molecule has 6 heteroatoms. The van der Waals surface area contributed by atoms with Crippen molar-refractivity contribution in [3.05, 3.63) is 33.3 Å². The fraction of sp³-hybridized carbons (Fsp3) is 0.364. The van der Waals surface area contributed by atoms with E-state index in [1.165, 1.54) is 0 Å². The van der Waals surface area contributed by atoms with E-state index in [9.17, 15) is 4.79 Å². The van der Waals surface area contributed by atoms with Crippen molar-refractivity contribution in [2.24, 2.45) is 0 Å². The largest absolute Gasteiger partial charge is 0.351 e. The molecule has 0 spiro atoms. The van der Waals surface area contributed by atoms with E-state index in [1.54, 1.807) is 18.2 Å². The monoisotopic (exact) mass is 340 g/mol. The molecule has 0 unspecified atom stereocenters. The van der Waals surface area contributed by atoms with Gasteiger partial charge in [-0.25, -0.2) is 0 Å². The Kier molecular flexibility index (Phi) is 8.60. The number of carbonyl (C=O) groups excluding carboxylic acids is 1. The van der Waals surface area contributed by atoms with E-state index in [0.717, 1.165) is 17.6 Å². The zero-order valence-electron chi connectivity index (χ0n) is 9.43. The Labute approximate surface area is 121 Å². The second-order valence-electron chi connectivity index (χ2n) is 3.24. The Bertz CT molecular complexity index is 374. The van der Waals surface area contributed by atoms with E-state index in [2.05, 4.69) is 26.6 Å². The summed E-state index contributed by atoms with van der Waals surface area (Å²) in [5, 5.41) is 6.47. The van der Waals surface area contributed by atoms with Crippen molar-refractivity contribution < 1.29 is 4.79 Å². The third kappa shape index (κ3) is 5.73. The van der Waals surface area contributed by atoms with E-state index in [0.29, 0.717) is 17.1 Å². The predicted molar refractivity (Wildman–Crippen MR) is 77.3 cm³/mol. The Hall–Kier alpha value is -0.290. The van der Waals surface area contributed by atoms with Gasteiger partial charge in [0, 0.05) is 23.1 Å². The topological polar surface area (TPSA) is 41.1 Å². The lowest BCUT2D eigenvalue weighted by atomic mass is 10.2. The van der Waals surface area contributed by atoms with Crippen LogP contribution in [0.3, 0.4) is 0 Å². The zero-order valence-corrected chi connectivity index (χ0v) is 12.6. The summed E-state index contributed by atoms with van der Waals surface area (Å²) < 4.78 is 0.790. The third-order valence-corrected chi connectivity index (χ3v) is 3.25. The molecule has 96 valence electrons. The normalized spacial score (nSPS) is 9.59. The van der Waals surface area contributed by atoms with Crippen LogP contribution in [0.5, 0.6) is 0 Å². The number of rotatable bonds is 5. The first-order valence-corrected chi connectivity index (χ1v) is 6.26. The molecule has 0 aliphatic heterocycles. The van der Waals surface area contributed by atoms with Crippen LogP contribution in [0.4, 0.5) is 0 Å². The van der Waals surface area contributed by atoms with E-state index >= 15 is 0 Å². The van der Waals surface area contributed by atoms with Gasteiger partial charge in [-0.05, 0) is 40.7 Å². The molecule has 0 fully saturated rings. The molecule has 3 nitrogen and oxygen atoms in total. The molecular formula is C11H15BrCl2N2O. The first-order valence-electron chi connectivity index (χ1n) is 5.09. The van der Waals surface area contributed by atoms with Crippen LogP contribution < -0.4 is 10.6 Å². The lowest BCUT2D eigenvalue weighted by Gasteiger charge is -2.06. The summed E-state index contributed by atoms with van der Waals surface area (Å²) in [5.74, 6) is -0.104. The van der Waals surface area contributed by atoms with Gasteiger partial charge in [0.2, 0.25) is 0 Å². The van der Waals surface area contributed by atoms with Gasteiger partial charge in [-0.15, -0.1) is 12.4 Å². The molecule has 0 heterocycles. The molecule has 0 aliphatic rings. The minimum absolute atomic E-state index is 0. The number of amides is 1. The lowest BCUT2D eigenvalue weighted by molar-refractivity contribution is 0.0954. The van der Waals surface area contributed by atoms with Gasteiger partial charge < -0.3 is 10.6 Å². The minimum Gasteiger partial charge on any atom is -0.351 e. The molecule has 1 aromatic rings. The van der Waals surface area contributed by atoms with Gasteiger partial charge in [0.15, 0.2) is 0 Å². The smallest absolute Gasteiger partial charge is 0.251 e. The standard InChI is InChI=1S/C11H14BrClN2O.ClH/c1-2-14-5-6-15-11(16)8-3-4-9(12)10(13)7-8;/h3-4,7,14H,2,5-6H2,1H3,(H,15,16);1H. The van der Waals surface area contributed by atoms with Gasteiger partial charge in [-0.3, -0.25) is 4.79 Å². The minimum atomic E-state index is -0.104. The van der Waals surface area contributed by atoms with Crippen LogP contribution in [0, 0.1) is 0 Å². The van der Waals surface area contributed by atoms with Gasteiger partial charge in [0.25, 0.3) is 5.91 Å². The van der Waals surface area contributed by atoms with Crippen LogP contribution in [0.1, 0.15) is 17.3 Å². The maximum Gasteiger partial charge on any atom is 0.251 e. The number of nitrogens with one attached hydrogen (secondary N) is 2. The molecule has 1 amide bonds. The van der Waals surface area contributed by atoms with Crippen LogP contribution in [0.2, 0.25) is 5.02 Å². The van der Waals surface area contributed by atoms with Crippen LogP contribution >= 0.6 is 39.9 Å². The van der Waals surface area contributed by atoms with E-state index < -0.39 is 0 Å². The highest BCUT2D eigenvalue weighted by atomic mass is 79.9. The fourth-order valence-electron chi connectivity index (χ4n) is 1.18. The molecule has 2 N–H and O–H groups in total. The lowest BCUT2D eigenvalue weighted by Crippen LogP contribution is -2.31. The molecule has 0 aromatic heterocycles. The highest BCUT2D eigenvalue weighted by Gasteiger charge is 2.06. The Balaban J connectivity index is 0.00000256. The molecule has 0 atom stereocenters. The summed E-state index contributed by atoms with van der Waals surface area (Å²) in [7, 11) is 0. The highest BCUT2D eigenvalue weighted by Crippen LogP contribution is 2.22. The molecule has 0 aliphatic carbocycles. The number of hydrogen-bond donors (Lipinski definition) is 2. The summed E-state index contributed by atoms with van der Waals surface area (Å²) in [6.07, 6.45) is 0. The average molecular weight is 342 g/mol. The highest BCUT2D eigenvalue weighted by molar-refractivity contribution is 9.10. The summed E-state index contributed by atoms with van der Waals surface area (Å²) in [6, 6.07) is 5.15. The van der Waals surface area contributed by atoms with E-state index in [4.69, 9.17) is 11.6 Å². The van der Waals surface area contributed by atoms with E-state index in [1.807, 2.05) is 6.92 Å². The van der Waals surface area contributed by atoms with Gasteiger partial charge in [-0.1, -0.05) is 18.5 Å². The first kappa shape index (κ1) is 16.7. The first-order chi connectivity index (χ1) is 7.65. The Morgan fingerprint density at radius 2 is 2.12 bits per heavy atom. The molecule has 17 heavy (non-hydrogen) atoms. The van der Waals surface area contributed by atoms with Gasteiger partial charge in [0.05, 0.1) is 5.02 Å². The van der Waals surface area contributed by atoms with Crippen molar-refractivity contribution in [1.29, 1.82) is 0 Å². The summed E-state index contributed by atoms with van der Waals surface area (Å²) in [6.45, 7) is 4.31. The van der Waals surface area contributed by atoms with Crippen molar-refractivity contribution in [3.63, 3.8) is 0 Å². The zero-order chi connectivity index (χ0) is 12.0. The number of carbonyl (C=O) groups is 1. The van der Waals surface area contributed by atoms with Crippen molar-refractivity contribution in [1.82, 2.24) is 10.6 Å². The third-order valence-electron chi connectivity index (χ3n) is 2.02. The number of benzene rings is 1. The van der Waals surface area contributed by atoms with E-state index in [-0.39, 0.29) is 18.3 Å². The number of halogens is 3. The molecular weight excluding hydrogens is 327 g/mol. The van der Waals surface area contributed by atoms with Crippen molar-refractivity contribution in [2.75, 3.05) is 19.6 Å². The number of hydrogen-bond acceptors (Lipinski definition) is 2. The van der Waals surface area contributed by atoms with Crippen molar-refractivity contribution >= 4 is 45.8 Å². The molecule has 1 aromatic carbocycles. The fourth-order valence-corrected chi connectivity index (χ4v) is 1.61. The average Bonchev–Trinajstić information content (AvgIpc) is 2.28. The van der Waals surface area contributed by atoms with Gasteiger partial charge >= 0.3 is 0 Å². The molecule has 0 saturated carbocycles. The molecule has 0 saturated heterocycles. The van der Waals surface area contributed by atoms with Crippen LogP contribution in [0.25, 0.3) is 0 Å². The van der Waals surface area contributed by atoms with Gasteiger partial charge in [-0.2, -0.15) is 0 Å². The Morgan fingerprint density at radius 1 is 1.41 bits per heavy atom. The van der Waals surface area contributed by atoms with Crippen molar-refractivity contribution in [2.45, 2.75) is 6.92 Å². The van der Waals surface area contributed by atoms with Crippen LogP contribution in [0.15, 0.2) is 22.7 Å². The number of likely N-dealkylation sites (N-methyl/N-ethyl adjacent to an activating group) is 1. The maximum absolute atomic E-state index is 11.7.